The molecule has 0 aromatic carbocycles. The van der Waals surface area contributed by atoms with Gasteiger partial charge in [-0.2, -0.15) is 0 Å². The Morgan fingerprint density at radius 3 is 2.82 bits per heavy atom. The number of carbonyl (C=O) groups excluding carboxylic acids is 1. The molecule has 3 heterocycles. The maximum atomic E-state index is 12.0. The molecule has 1 N–H and O–H groups in total. The minimum atomic E-state index is 0.0790. The first-order chi connectivity index (χ1) is 10.8. The van der Waals surface area contributed by atoms with Gasteiger partial charge in [0.2, 0.25) is 5.91 Å². The average molecular weight is 306 g/mol. The number of aromatic nitrogens is 2. The summed E-state index contributed by atoms with van der Waals surface area (Å²) in [7, 11) is 0. The maximum Gasteiger partial charge on any atom is 0.225 e. The Morgan fingerprint density at radius 1 is 1.27 bits per heavy atom. The lowest BCUT2D eigenvalue weighted by Crippen LogP contribution is -2.41. The lowest BCUT2D eigenvalue weighted by atomic mass is 9.96. The predicted octanol–water partition coefficient (Wildman–Crippen LogP) is 0.748. The normalized spacial score (nSPS) is 23.7. The zero-order chi connectivity index (χ0) is 15.2. The highest BCUT2D eigenvalue weighted by Crippen LogP contribution is 2.17. The first-order valence-corrected chi connectivity index (χ1v) is 8.35. The van der Waals surface area contributed by atoms with Gasteiger partial charge >= 0.3 is 0 Å². The number of piperidine rings is 1. The highest BCUT2D eigenvalue weighted by Gasteiger charge is 2.25. The van der Waals surface area contributed by atoms with Crippen molar-refractivity contribution in [1.82, 2.24) is 19.8 Å². The summed E-state index contributed by atoms with van der Waals surface area (Å²) in [5.41, 5.74) is 0. The van der Waals surface area contributed by atoms with Crippen LogP contribution in [0.1, 0.15) is 19.3 Å². The van der Waals surface area contributed by atoms with Crippen LogP contribution in [0, 0.1) is 11.8 Å². The second-order valence-corrected chi connectivity index (χ2v) is 6.39. The smallest absolute Gasteiger partial charge is 0.225 e. The van der Waals surface area contributed by atoms with Crippen molar-refractivity contribution >= 4 is 5.91 Å². The van der Waals surface area contributed by atoms with Crippen molar-refractivity contribution in [2.75, 3.05) is 39.4 Å². The van der Waals surface area contributed by atoms with Crippen LogP contribution < -0.4 is 5.32 Å². The topological polar surface area (TPSA) is 59.4 Å². The molecule has 2 aliphatic rings. The molecule has 1 aromatic rings. The van der Waals surface area contributed by atoms with Crippen molar-refractivity contribution in [3.63, 3.8) is 0 Å². The summed E-state index contributed by atoms with van der Waals surface area (Å²) in [6.07, 6.45) is 8.92. The first-order valence-electron chi connectivity index (χ1n) is 8.35. The second kappa shape index (κ2) is 7.74. The summed E-state index contributed by atoms with van der Waals surface area (Å²) in [5.74, 6) is 0.881. The number of carbonyl (C=O) groups is 1. The van der Waals surface area contributed by atoms with E-state index in [0.717, 1.165) is 45.8 Å². The summed E-state index contributed by atoms with van der Waals surface area (Å²) in [5, 5.41) is 3.11. The van der Waals surface area contributed by atoms with Crippen LogP contribution in [0.25, 0.3) is 0 Å². The van der Waals surface area contributed by atoms with Crippen molar-refractivity contribution in [1.29, 1.82) is 0 Å². The zero-order valence-electron chi connectivity index (χ0n) is 13.1. The highest BCUT2D eigenvalue weighted by atomic mass is 16.5. The number of likely N-dealkylation sites (tertiary alicyclic amines) is 1. The van der Waals surface area contributed by atoms with E-state index >= 15 is 0 Å². The number of imidazole rings is 1. The van der Waals surface area contributed by atoms with Crippen LogP contribution in [0.4, 0.5) is 0 Å². The standard InChI is InChI=1S/C16H26N4O2/c21-16(15-3-10-22-12-15)18-11-14-1-5-19(6-2-14)8-9-20-7-4-17-13-20/h4,7,13-15H,1-3,5-6,8-12H2,(H,18,21). The Hall–Kier alpha value is -1.40. The van der Waals surface area contributed by atoms with Gasteiger partial charge in [0.25, 0.3) is 0 Å². The van der Waals surface area contributed by atoms with Crippen molar-refractivity contribution in [3.05, 3.63) is 18.7 Å². The van der Waals surface area contributed by atoms with Crippen molar-refractivity contribution in [2.45, 2.75) is 25.8 Å². The molecule has 0 saturated carbocycles. The molecule has 2 aliphatic heterocycles. The molecular weight excluding hydrogens is 280 g/mol. The number of hydrogen-bond acceptors (Lipinski definition) is 4. The summed E-state index contributed by atoms with van der Waals surface area (Å²) < 4.78 is 7.39. The summed E-state index contributed by atoms with van der Waals surface area (Å²) in [6.45, 7) is 6.48. The van der Waals surface area contributed by atoms with E-state index in [1.54, 1.807) is 0 Å². The number of nitrogens with zero attached hydrogens (tertiary/aromatic N) is 3. The minimum Gasteiger partial charge on any atom is -0.381 e. The van der Waals surface area contributed by atoms with Crippen LogP contribution >= 0.6 is 0 Å². The van der Waals surface area contributed by atoms with E-state index in [1.165, 1.54) is 12.8 Å². The fourth-order valence-electron chi connectivity index (χ4n) is 3.22. The van der Waals surface area contributed by atoms with Crippen molar-refractivity contribution in [3.8, 4) is 0 Å². The first kappa shape index (κ1) is 15.5. The Morgan fingerprint density at radius 2 is 2.14 bits per heavy atom. The fraction of sp³-hybridized carbons (Fsp3) is 0.750. The molecule has 0 spiro atoms. The van der Waals surface area contributed by atoms with Crippen LogP contribution in [-0.2, 0) is 16.1 Å². The number of ether oxygens (including phenoxy) is 1. The van der Waals surface area contributed by atoms with Crippen molar-refractivity contribution < 1.29 is 9.53 Å². The third kappa shape index (κ3) is 4.30. The van der Waals surface area contributed by atoms with E-state index in [9.17, 15) is 4.79 Å². The number of nitrogens with one attached hydrogen (secondary N) is 1. The van der Waals surface area contributed by atoms with Crippen LogP contribution in [0.3, 0.4) is 0 Å². The van der Waals surface area contributed by atoms with Gasteiger partial charge in [-0.25, -0.2) is 4.98 Å². The van der Waals surface area contributed by atoms with Gasteiger partial charge in [0.15, 0.2) is 0 Å². The molecule has 122 valence electrons. The van der Waals surface area contributed by atoms with Crippen LogP contribution in [0.2, 0.25) is 0 Å². The van der Waals surface area contributed by atoms with Gasteiger partial charge in [-0.15, -0.1) is 0 Å². The minimum absolute atomic E-state index is 0.0790. The summed E-state index contributed by atoms with van der Waals surface area (Å²) >= 11 is 0. The van der Waals surface area contributed by atoms with E-state index in [2.05, 4.69) is 19.8 Å². The highest BCUT2D eigenvalue weighted by molar-refractivity contribution is 5.78. The molecule has 2 fully saturated rings. The van der Waals surface area contributed by atoms with E-state index < -0.39 is 0 Å². The van der Waals surface area contributed by atoms with Crippen molar-refractivity contribution in [2.24, 2.45) is 11.8 Å². The molecule has 6 heteroatoms. The fourth-order valence-corrected chi connectivity index (χ4v) is 3.22. The van der Waals surface area contributed by atoms with Crippen LogP contribution in [0.15, 0.2) is 18.7 Å². The third-order valence-corrected chi connectivity index (χ3v) is 4.81. The third-order valence-electron chi connectivity index (χ3n) is 4.81. The van der Waals surface area contributed by atoms with Gasteiger partial charge < -0.3 is 19.5 Å². The average Bonchev–Trinajstić information content (AvgIpc) is 3.24. The molecule has 2 saturated heterocycles. The molecule has 1 unspecified atom stereocenters. The Balaban J connectivity index is 1.30. The molecule has 6 nitrogen and oxygen atoms in total. The van der Waals surface area contributed by atoms with Gasteiger partial charge in [0, 0.05) is 38.6 Å². The maximum absolute atomic E-state index is 12.0. The zero-order valence-corrected chi connectivity index (χ0v) is 13.1. The molecule has 0 aliphatic carbocycles. The SMILES string of the molecule is O=C(NCC1CCN(CCn2ccnc2)CC1)C1CCOC1. The lowest BCUT2D eigenvalue weighted by Gasteiger charge is -2.32. The van der Waals surface area contributed by atoms with E-state index in [4.69, 9.17) is 4.74 Å². The molecular formula is C16H26N4O2. The Kier molecular flexibility index (Phi) is 5.45. The molecule has 1 aromatic heterocycles. The van der Waals surface area contributed by atoms with Gasteiger partial charge in [-0.1, -0.05) is 0 Å². The van der Waals surface area contributed by atoms with Gasteiger partial charge in [-0.05, 0) is 38.3 Å². The molecule has 0 radical (unpaired) electrons. The second-order valence-electron chi connectivity index (χ2n) is 6.39. The van der Waals surface area contributed by atoms with Gasteiger partial charge in [0.05, 0.1) is 18.9 Å². The number of rotatable bonds is 6. The Labute approximate surface area is 131 Å². The predicted molar refractivity (Wildman–Crippen MR) is 83.3 cm³/mol. The van der Waals surface area contributed by atoms with E-state index in [1.807, 2.05) is 18.7 Å². The van der Waals surface area contributed by atoms with Gasteiger partial charge in [-0.3, -0.25) is 4.79 Å². The van der Waals surface area contributed by atoms with Crippen LogP contribution in [0.5, 0.6) is 0 Å². The molecule has 3 rings (SSSR count). The molecule has 22 heavy (non-hydrogen) atoms. The Bertz CT molecular complexity index is 449. The molecule has 1 atom stereocenters. The quantitative estimate of drug-likeness (QED) is 0.842. The van der Waals surface area contributed by atoms with Crippen LogP contribution in [-0.4, -0.2) is 59.8 Å². The summed E-state index contributed by atoms with van der Waals surface area (Å²) in [6, 6.07) is 0. The summed E-state index contributed by atoms with van der Waals surface area (Å²) in [4.78, 5) is 18.5. The number of hydrogen-bond donors (Lipinski definition) is 1. The van der Waals surface area contributed by atoms with Gasteiger partial charge in [0.1, 0.15) is 0 Å². The molecule has 0 bridgehead atoms. The monoisotopic (exact) mass is 306 g/mol. The number of amides is 1. The largest absolute Gasteiger partial charge is 0.381 e. The van der Waals surface area contributed by atoms with E-state index in [-0.39, 0.29) is 11.8 Å². The van der Waals surface area contributed by atoms with E-state index in [0.29, 0.717) is 12.5 Å². The lowest BCUT2D eigenvalue weighted by molar-refractivity contribution is -0.125. The molecule has 1 amide bonds.